The molecule has 0 spiro atoms. The van der Waals surface area contributed by atoms with Crippen molar-refractivity contribution >= 4 is 22.5 Å². The van der Waals surface area contributed by atoms with E-state index in [1.165, 1.54) is 18.3 Å². The Kier molecular flexibility index (Phi) is 4.01. The van der Waals surface area contributed by atoms with Crippen molar-refractivity contribution in [3.05, 3.63) is 72.1 Å². The van der Waals surface area contributed by atoms with Gasteiger partial charge in [0.2, 0.25) is 0 Å². The number of rotatable bonds is 5. The number of fused-ring (bicyclic) bond motifs is 1. The quantitative estimate of drug-likeness (QED) is 0.708. The number of benzene rings is 2. The van der Waals surface area contributed by atoms with E-state index in [0.29, 0.717) is 11.4 Å². The predicted molar refractivity (Wildman–Crippen MR) is 87.5 cm³/mol. The maximum atomic E-state index is 11.0. The Labute approximate surface area is 132 Å². The minimum atomic E-state index is -1.04. The number of hydrogen-bond acceptors (Lipinski definition) is 4. The van der Waals surface area contributed by atoms with Crippen LogP contribution in [-0.2, 0) is 0 Å². The normalized spacial score (nSPS) is 10.4. The Balaban J connectivity index is 1.78. The van der Waals surface area contributed by atoms with Crippen molar-refractivity contribution in [2.75, 3.05) is 6.61 Å². The monoisotopic (exact) mass is 306 g/mol. The minimum Gasteiger partial charge on any atom is -0.487 e. The number of carboxylic acid groups (broad SMARTS) is 1. The van der Waals surface area contributed by atoms with Crippen LogP contribution in [-0.4, -0.2) is 28.4 Å². The van der Waals surface area contributed by atoms with Crippen molar-refractivity contribution in [1.29, 1.82) is 5.41 Å². The lowest BCUT2D eigenvalue weighted by Crippen LogP contribution is -2.14. The fraction of sp³-hybridized carbons (Fsp3) is 0.0556. The minimum absolute atomic E-state index is 0.0179. The van der Waals surface area contributed by atoms with E-state index in [9.17, 15) is 4.79 Å². The van der Waals surface area contributed by atoms with Crippen LogP contribution >= 0.6 is 0 Å². The van der Waals surface area contributed by atoms with Gasteiger partial charge in [0.1, 0.15) is 12.4 Å². The van der Waals surface area contributed by atoms with Crippen LogP contribution in [0.1, 0.15) is 16.1 Å². The Morgan fingerprint density at radius 1 is 1.13 bits per heavy atom. The average Bonchev–Trinajstić information content (AvgIpc) is 2.59. The van der Waals surface area contributed by atoms with E-state index in [1.54, 1.807) is 0 Å². The lowest BCUT2D eigenvalue weighted by Gasteiger charge is -2.10. The molecule has 0 aliphatic heterocycles. The second kappa shape index (κ2) is 6.27. The van der Waals surface area contributed by atoms with Gasteiger partial charge < -0.3 is 9.84 Å². The summed E-state index contributed by atoms with van der Waals surface area (Å²) in [6.07, 6.45) is 1.38. The molecule has 3 rings (SSSR count). The highest BCUT2D eigenvalue weighted by Gasteiger charge is 2.10. The first kappa shape index (κ1) is 14.7. The van der Waals surface area contributed by atoms with Crippen LogP contribution in [0.25, 0.3) is 10.8 Å². The first-order chi connectivity index (χ1) is 11.1. The van der Waals surface area contributed by atoms with Crippen molar-refractivity contribution < 1.29 is 14.6 Å². The Hall–Kier alpha value is -3.21. The van der Waals surface area contributed by atoms with E-state index in [-0.39, 0.29) is 17.9 Å². The maximum absolute atomic E-state index is 11.0. The summed E-state index contributed by atoms with van der Waals surface area (Å²) in [6.45, 7) is 0.0179. The molecule has 0 bridgehead atoms. The van der Waals surface area contributed by atoms with Crippen molar-refractivity contribution in [2.24, 2.45) is 0 Å². The van der Waals surface area contributed by atoms with E-state index >= 15 is 0 Å². The van der Waals surface area contributed by atoms with Crippen molar-refractivity contribution in [1.82, 2.24) is 4.98 Å². The highest BCUT2D eigenvalue weighted by atomic mass is 16.5. The summed E-state index contributed by atoms with van der Waals surface area (Å²) in [5, 5.41) is 19.1. The standard InChI is InChI=1S/C18H14N2O3/c19-15(16-10-13(18(21)22)8-9-20-16)11-23-17-7-3-5-12-4-1-2-6-14(12)17/h1-10,19H,11H2,(H,21,22). The van der Waals surface area contributed by atoms with Gasteiger partial charge in [-0.15, -0.1) is 0 Å². The molecule has 0 aliphatic rings. The SMILES string of the molecule is N=C(COc1cccc2ccccc12)c1cc(C(=O)O)ccn1. The summed E-state index contributed by atoms with van der Waals surface area (Å²) in [5.74, 6) is -0.362. The van der Waals surface area contributed by atoms with Crippen LogP contribution in [0.2, 0.25) is 0 Å². The summed E-state index contributed by atoms with van der Waals surface area (Å²) < 4.78 is 5.72. The van der Waals surface area contributed by atoms with Gasteiger partial charge in [0.25, 0.3) is 0 Å². The third-order valence-electron chi connectivity index (χ3n) is 3.44. The maximum Gasteiger partial charge on any atom is 0.335 e. The second-order valence-electron chi connectivity index (χ2n) is 4.98. The number of carbonyl (C=O) groups is 1. The van der Waals surface area contributed by atoms with Gasteiger partial charge in [0, 0.05) is 11.6 Å². The molecule has 0 atom stereocenters. The van der Waals surface area contributed by atoms with Crippen LogP contribution in [0, 0.1) is 5.41 Å². The fourth-order valence-electron chi connectivity index (χ4n) is 2.27. The zero-order valence-corrected chi connectivity index (χ0v) is 12.2. The van der Waals surface area contributed by atoms with Crippen LogP contribution < -0.4 is 4.74 Å². The van der Waals surface area contributed by atoms with E-state index < -0.39 is 5.97 Å². The van der Waals surface area contributed by atoms with Crippen LogP contribution in [0.3, 0.4) is 0 Å². The summed E-state index contributed by atoms with van der Waals surface area (Å²) in [7, 11) is 0. The lowest BCUT2D eigenvalue weighted by atomic mass is 10.1. The zero-order valence-electron chi connectivity index (χ0n) is 12.2. The Bertz CT molecular complexity index is 885. The first-order valence-electron chi connectivity index (χ1n) is 7.03. The Morgan fingerprint density at radius 3 is 2.74 bits per heavy atom. The van der Waals surface area contributed by atoms with Crippen LogP contribution in [0.4, 0.5) is 0 Å². The molecule has 0 saturated heterocycles. The molecule has 2 aromatic carbocycles. The number of aromatic nitrogens is 1. The number of nitrogens with zero attached hydrogens (tertiary/aromatic N) is 1. The second-order valence-corrected chi connectivity index (χ2v) is 4.98. The zero-order chi connectivity index (χ0) is 16.2. The van der Waals surface area contributed by atoms with Gasteiger partial charge in [-0.25, -0.2) is 4.79 Å². The highest BCUT2D eigenvalue weighted by Crippen LogP contribution is 2.25. The number of hydrogen-bond donors (Lipinski definition) is 2. The molecule has 0 aliphatic carbocycles. The fourth-order valence-corrected chi connectivity index (χ4v) is 2.27. The van der Waals surface area contributed by atoms with Crippen LogP contribution in [0.5, 0.6) is 5.75 Å². The van der Waals surface area contributed by atoms with E-state index in [1.807, 2.05) is 42.5 Å². The molecule has 0 radical (unpaired) electrons. The molecule has 5 heteroatoms. The van der Waals surface area contributed by atoms with Gasteiger partial charge >= 0.3 is 5.97 Å². The summed E-state index contributed by atoms with van der Waals surface area (Å²) in [4.78, 5) is 15.0. The molecule has 3 aromatic rings. The molecule has 114 valence electrons. The number of nitrogens with one attached hydrogen (secondary N) is 1. The van der Waals surface area contributed by atoms with E-state index in [4.69, 9.17) is 15.3 Å². The number of carboxylic acids is 1. The third kappa shape index (κ3) is 3.18. The molecule has 23 heavy (non-hydrogen) atoms. The smallest absolute Gasteiger partial charge is 0.335 e. The molecule has 5 nitrogen and oxygen atoms in total. The van der Waals surface area contributed by atoms with Gasteiger partial charge in [-0.2, -0.15) is 0 Å². The molecule has 1 aromatic heterocycles. The average molecular weight is 306 g/mol. The molecule has 0 fully saturated rings. The topological polar surface area (TPSA) is 83.3 Å². The number of ether oxygens (including phenoxy) is 1. The summed E-state index contributed by atoms with van der Waals surface area (Å²) in [6, 6.07) is 16.3. The highest BCUT2D eigenvalue weighted by molar-refractivity contribution is 6.00. The number of aromatic carboxylic acids is 1. The number of pyridine rings is 1. The molecular weight excluding hydrogens is 292 g/mol. The third-order valence-corrected chi connectivity index (χ3v) is 3.44. The van der Waals surface area contributed by atoms with Gasteiger partial charge in [-0.05, 0) is 23.6 Å². The molecule has 0 amide bonds. The van der Waals surface area contributed by atoms with Gasteiger partial charge in [0.05, 0.1) is 17.0 Å². The molecular formula is C18H14N2O3. The van der Waals surface area contributed by atoms with Crippen molar-refractivity contribution in [3.63, 3.8) is 0 Å². The predicted octanol–water partition coefficient (Wildman–Crippen LogP) is 3.38. The van der Waals surface area contributed by atoms with Crippen molar-refractivity contribution in [3.8, 4) is 5.75 Å². The molecule has 0 saturated carbocycles. The molecule has 1 heterocycles. The first-order valence-corrected chi connectivity index (χ1v) is 7.03. The van der Waals surface area contributed by atoms with Gasteiger partial charge in [-0.1, -0.05) is 36.4 Å². The molecule has 2 N–H and O–H groups in total. The Morgan fingerprint density at radius 2 is 1.91 bits per heavy atom. The lowest BCUT2D eigenvalue weighted by molar-refractivity contribution is 0.0696. The molecule has 0 unspecified atom stereocenters. The van der Waals surface area contributed by atoms with E-state index in [0.717, 1.165) is 10.8 Å². The largest absolute Gasteiger partial charge is 0.487 e. The van der Waals surface area contributed by atoms with Gasteiger partial charge in [0.15, 0.2) is 0 Å². The summed E-state index contributed by atoms with van der Waals surface area (Å²) >= 11 is 0. The van der Waals surface area contributed by atoms with Gasteiger partial charge in [-0.3, -0.25) is 10.4 Å². The van der Waals surface area contributed by atoms with E-state index in [2.05, 4.69) is 4.98 Å². The summed E-state index contributed by atoms with van der Waals surface area (Å²) in [5.41, 5.74) is 0.524. The van der Waals surface area contributed by atoms with Crippen LogP contribution in [0.15, 0.2) is 60.8 Å². The van der Waals surface area contributed by atoms with Crippen molar-refractivity contribution in [2.45, 2.75) is 0 Å².